The van der Waals surface area contributed by atoms with Crippen molar-refractivity contribution in [2.45, 2.75) is 26.3 Å². The lowest BCUT2D eigenvalue weighted by atomic mass is 10.2. The van der Waals surface area contributed by atoms with Gasteiger partial charge in [0.05, 0.1) is 19.2 Å². The fraction of sp³-hybridized carbons (Fsp3) is 0.375. The molecule has 0 amide bonds. The fourth-order valence-corrected chi connectivity index (χ4v) is 1.77. The van der Waals surface area contributed by atoms with E-state index in [1.54, 1.807) is 6.20 Å². The summed E-state index contributed by atoms with van der Waals surface area (Å²) in [5, 5.41) is 0. The van der Waals surface area contributed by atoms with Gasteiger partial charge in [0.2, 0.25) is 0 Å². The molecule has 0 aliphatic heterocycles. The number of nitrogens with zero attached hydrogens (tertiary/aromatic N) is 1. The van der Waals surface area contributed by atoms with E-state index in [1.807, 2.05) is 44.2 Å². The normalized spacial score (nSPS) is 12.4. The van der Waals surface area contributed by atoms with Crippen LogP contribution < -0.4 is 5.73 Å². The van der Waals surface area contributed by atoms with Crippen LogP contribution in [0.5, 0.6) is 0 Å². The molecular weight excluding hydrogens is 268 g/mol. The van der Waals surface area contributed by atoms with Crippen LogP contribution >= 0.6 is 0 Å². The third-order valence-electron chi connectivity index (χ3n) is 2.87. The van der Waals surface area contributed by atoms with Gasteiger partial charge in [-0.2, -0.15) is 0 Å². The smallest absolute Gasteiger partial charge is 0.323 e. The van der Waals surface area contributed by atoms with E-state index in [4.69, 9.17) is 14.9 Å². The van der Waals surface area contributed by atoms with Crippen LogP contribution in [0.1, 0.15) is 19.7 Å². The van der Waals surface area contributed by atoms with Crippen molar-refractivity contribution in [1.82, 2.24) is 4.98 Å². The first-order valence-electron chi connectivity index (χ1n) is 6.98. The Labute approximate surface area is 124 Å². The summed E-state index contributed by atoms with van der Waals surface area (Å²) < 4.78 is 10.7. The number of carbonyl (C=O) groups excluding carboxylic acids is 1. The molecule has 1 aromatic heterocycles. The molecule has 0 bridgehead atoms. The van der Waals surface area contributed by atoms with Crippen molar-refractivity contribution in [1.29, 1.82) is 0 Å². The van der Waals surface area contributed by atoms with Gasteiger partial charge in [0.15, 0.2) is 11.7 Å². The van der Waals surface area contributed by atoms with Crippen LogP contribution in [0.2, 0.25) is 0 Å². The summed E-state index contributed by atoms with van der Waals surface area (Å²) in [4.78, 5) is 15.9. The average Bonchev–Trinajstić information content (AvgIpc) is 2.94. The van der Waals surface area contributed by atoms with E-state index in [0.29, 0.717) is 18.3 Å². The van der Waals surface area contributed by atoms with Crippen molar-refractivity contribution in [3.05, 3.63) is 42.4 Å². The first-order chi connectivity index (χ1) is 10.1. The van der Waals surface area contributed by atoms with Crippen LogP contribution in [0.15, 0.2) is 40.9 Å². The molecule has 112 valence electrons. The molecule has 2 rings (SSSR count). The molecule has 2 aromatic rings. The highest BCUT2D eigenvalue weighted by molar-refractivity contribution is 5.75. The van der Waals surface area contributed by atoms with Crippen LogP contribution in [0.25, 0.3) is 11.3 Å². The van der Waals surface area contributed by atoms with Gasteiger partial charge in [-0.15, -0.1) is 0 Å². The molecule has 0 spiro atoms. The lowest BCUT2D eigenvalue weighted by Crippen LogP contribution is -2.35. The van der Waals surface area contributed by atoms with E-state index in [-0.39, 0.29) is 12.3 Å². The molecule has 21 heavy (non-hydrogen) atoms. The zero-order valence-corrected chi connectivity index (χ0v) is 12.3. The zero-order chi connectivity index (χ0) is 15.2. The maximum atomic E-state index is 11.7. The minimum absolute atomic E-state index is 0.226. The predicted octanol–water partition coefficient (Wildman–Crippen LogP) is 2.41. The van der Waals surface area contributed by atoms with Gasteiger partial charge in [-0.05, 0) is 5.92 Å². The molecule has 5 heteroatoms. The minimum Gasteiger partial charge on any atom is -0.464 e. The number of oxazole rings is 1. The molecule has 0 fully saturated rings. The fourth-order valence-electron chi connectivity index (χ4n) is 1.77. The summed E-state index contributed by atoms with van der Waals surface area (Å²) in [6.45, 7) is 4.31. The van der Waals surface area contributed by atoms with Gasteiger partial charge in [0.25, 0.3) is 0 Å². The second-order valence-corrected chi connectivity index (χ2v) is 5.32. The highest BCUT2D eigenvalue weighted by Crippen LogP contribution is 2.20. The number of nitrogens with two attached hydrogens (primary N) is 1. The Hall–Kier alpha value is -2.14. The summed E-state index contributed by atoms with van der Waals surface area (Å²) in [6, 6.07) is 8.88. The Morgan fingerprint density at radius 2 is 2.05 bits per heavy atom. The largest absolute Gasteiger partial charge is 0.464 e. The highest BCUT2D eigenvalue weighted by Gasteiger charge is 2.19. The number of esters is 1. The van der Waals surface area contributed by atoms with Gasteiger partial charge in [0, 0.05) is 5.56 Å². The Morgan fingerprint density at radius 3 is 2.71 bits per heavy atom. The van der Waals surface area contributed by atoms with Crippen molar-refractivity contribution >= 4 is 5.97 Å². The standard InChI is InChI=1S/C16H20N2O3/c1-11(2)10-20-16(19)13(17)8-15-18-9-14(21-15)12-6-4-3-5-7-12/h3-7,9,11,13H,8,10,17H2,1-2H3/t13-/m0/s1. The molecule has 1 atom stereocenters. The summed E-state index contributed by atoms with van der Waals surface area (Å²) >= 11 is 0. The van der Waals surface area contributed by atoms with E-state index in [2.05, 4.69) is 4.98 Å². The van der Waals surface area contributed by atoms with E-state index >= 15 is 0 Å². The van der Waals surface area contributed by atoms with Crippen LogP contribution in [-0.2, 0) is 16.0 Å². The number of hydrogen-bond donors (Lipinski definition) is 1. The molecule has 0 radical (unpaired) electrons. The van der Waals surface area contributed by atoms with E-state index in [0.717, 1.165) is 5.56 Å². The average molecular weight is 288 g/mol. The van der Waals surface area contributed by atoms with Gasteiger partial charge in [-0.1, -0.05) is 44.2 Å². The molecule has 1 aromatic carbocycles. The van der Waals surface area contributed by atoms with Crippen molar-refractivity contribution in [2.75, 3.05) is 6.61 Å². The minimum atomic E-state index is -0.758. The highest BCUT2D eigenvalue weighted by atomic mass is 16.5. The monoisotopic (exact) mass is 288 g/mol. The van der Waals surface area contributed by atoms with Gasteiger partial charge >= 0.3 is 5.97 Å². The van der Waals surface area contributed by atoms with Crippen molar-refractivity contribution in [2.24, 2.45) is 11.7 Å². The lowest BCUT2D eigenvalue weighted by Gasteiger charge is -2.11. The van der Waals surface area contributed by atoms with E-state index in [9.17, 15) is 4.79 Å². The SMILES string of the molecule is CC(C)COC(=O)[C@@H](N)Cc1ncc(-c2ccccc2)o1. The number of benzene rings is 1. The van der Waals surface area contributed by atoms with Crippen molar-refractivity contribution in [3.63, 3.8) is 0 Å². The Morgan fingerprint density at radius 1 is 1.33 bits per heavy atom. The number of hydrogen-bond acceptors (Lipinski definition) is 5. The first-order valence-corrected chi connectivity index (χ1v) is 6.98. The zero-order valence-electron chi connectivity index (χ0n) is 12.3. The number of rotatable bonds is 6. The second-order valence-electron chi connectivity index (χ2n) is 5.32. The van der Waals surface area contributed by atoms with Crippen LogP contribution in [0.3, 0.4) is 0 Å². The van der Waals surface area contributed by atoms with Crippen LogP contribution in [-0.4, -0.2) is 23.6 Å². The Kier molecular flexibility index (Phi) is 5.11. The molecule has 0 aliphatic carbocycles. The molecule has 5 nitrogen and oxygen atoms in total. The molecular formula is C16H20N2O3. The maximum absolute atomic E-state index is 11.7. The van der Waals surface area contributed by atoms with Crippen molar-refractivity contribution in [3.8, 4) is 11.3 Å². The maximum Gasteiger partial charge on any atom is 0.323 e. The predicted molar refractivity (Wildman–Crippen MR) is 79.4 cm³/mol. The number of aromatic nitrogens is 1. The third kappa shape index (κ3) is 4.43. The van der Waals surface area contributed by atoms with E-state index in [1.165, 1.54) is 0 Å². The second kappa shape index (κ2) is 7.04. The van der Waals surface area contributed by atoms with Crippen molar-refractivity contribution < 1.29 is 13.9 Å². The molecule has 0 saturated carbocycles. The molecule has 0 aliphatic rings. The topological polar surface area (TPSA) is 78.4 Å². The lowest BCUT2D eigenvalue weighted by molar-refractivity contribution is -0.146. The summed E-state index contributed by atoms with van der Waals surface area (Å²) in [5.74, 6) is 0.951. The molecule has 1 heterocycles. The molecule has 0 saturated heterocycles. The van der Waals surface area contributed by atoms with Gasteiger partial charge in [0.1, 0.15) is 6.04 Å². The number of ether oxygens (including phenoxy) is 1. The molecule has 0 unspecified atom stereocenters. The van der Waals surface area contributed by atoms with Crippen LogP contribution in [0.4, 0.5) is 0 Å². The summed E-state index contributed by atoms with van der Waals surface area (Å²) in [7, 11) is 0. The van der Waals surface area contributed by atoms with Gasteiger partial charge in [-0.3, -0.25) is 4.79 Å². The number of carbonyl (C=O) groups is 1. The van der Waals surface area contributed by atoms with E-state index < -0.39 is 12.0 Å². The third-order valence-corrected chi connectivity index (χ3v) is 2.87. The molecule has 2 N–H and O–H groups in total. The summed E-state index contributed by atoms with van der Waals surface area (Å²) in [6.07, 6.45) is 1.86. The van der Waals surface area contributed by atoms with Crippen LogP contribution in [0, 0.1) is 5.92 Å². The quantitative estimate of drug-likeness (QED) is 0.826. The Bertz CT molecular complexity index is 578. The summed E-state index contributed by atoms with van der Waals surface area (Å²) in [5.41, 5.74) is 6.75. The Balaban J connectivity index is 1.95. The van der Waals surface area contributed by atoms with Gasteiger partial charge in [-0.25, -0.2) is 4.98 Å². The first kappa shape index (κ1) is 15.3. The van der Waals surface area contributed by atoms with Gasteiger partial charge < -0.3 is 14.9 Å².